The van der Waals surface area contributed by atoms with Gasteiger partial charge in [-0.1, -0.05) is 39.5 Å². The molecule has 0 spiro atoms. The Labute approximate surface area is 107 Å². The number of nitrogens with one attached hydrogen (secondary N) is 1. The molecule has 0 radical (unpaired) electrons. The van der Waals surface area contributed by atoms with Crippen LogP contribution < -0.4 is 5.32 Å². The minimum Gasteiger partial charge on any atom is -0.311 e. The minimum atomic E-state index is 0.743. The summed E-state index contributed by atoms with van der Waals surface area (Å²) in [6, 6.07) is 1.64. The predicted octanol–water partition coefficient (Wildman–Crippen LogP) is 3.03. The van der Waals surface area contributed by atoms with Crippen molar-refractivity contribution >= 4 is 0 Å². The second-order valence-electron chi connectivity index (χ2n) is 6.42. The van der Waals surface area contributed by atoms with Crippen LogP contribution in [0.5, 0.6) is 0 Å². The standard InChI is InChI=1S/C15H30N2/c1-13(2)11-14-12-17(10-9-16-14)15-7-5-3-4-6-8-15/h13-16H,3-12H2,1-2H3. The highest BCUT2D eigenvalue weighted by atomic mass is 15.2. The Morgan fingerprint density at radius 1 is 1.12 bits per heavy atom. The molecule has 0 aromatic rings. The maximum atomic E-state index is 3.69. The maximum absolute atomic E-state index is 3.69. The summed E-state index contributed by atoms with van der Waals surface area (Å²) in [5.74, 6) is 0.821. The molecule has 0 bridgehead atoms. The summed E-state index contributed by atoms with van der Waals surface area (Å²) in [7, 11) is 0. The van der Waals surface area contributed by atoms with Crippen LogP contribution in [0.15, 0.2) is 0 Å². The summed E-state index contributed by atoms with van der Waals surface area (Å²) in [5.41, 5.74) is 0. The van der Waals surface area contributed by atoms with Crippen molar-refractivity contribution in [3.63, 3.8) is 0 Å². The lowest BCUT2D eigenvalue weighted by molar-refractivity contribution is 0.124. The average Bonchev–Trinajstić information content (AvgIpc) is 2.57. The molecule has 1 saturated heterocycles. The van der Waals surface area contributed by atoms with Crippen LogP contribution in [0.3, 0.4) is 0 Å². The molecule has 2 aliphatic rings. The number of nitrogens with zero attached hydrogens (tertiary/aromatic N) is 1. The van der Waals surface area contributed by atoms with Gasteiger partial charge in [-0.25, -0.2) is 0 Å². The van der Waals surface area contributed by atoms with Crippen molar-refractivity contribution in [2.24, 2.45) is 5.92 Å². The fourth-order valence-corrected chi connectivity index (χ4v) is 3.53. The van der Waals surface area contributed by atoms with E-state index < -0.39 is 0 Å². The highest BCUT2D eigenvalue weighted by molar-refractivity contribution is 4.84. The third-order valence-corrected chi connectivity index (χ3v) is 4.38. The van der Waals surface area contributed by atoms with Crippen LogP contribution in [0.2, 0.25) is 0 Å². The number of hydrogen-bond donors (Lipinski definition) is 1. The highest BCUT2D eigenvalue weighted by Gasteiger charge is 2.26. The molecule has 0 aromatic carbocycles. The van der Waals surface area contributed by atoms with E-state index in [0.29, 0.717) is 0 Å². The molecule has 2 rings (SSSR count). The molecule has 1 aliphatic heterocycles. The molecule has 17 heavy (non-hydrogen) atoms. The van der Waals surface area contributed by atoms with E-state index in [0.717, 1.165) is 18.0 Å². The normalized spacial score (nSPS) is 29.5. The zero-order chi connectivity index (χ0) is 12.1. The van der Waals surface area contributed by atoms with E-state index in [1.807, 2.05) is 0 Å². The van der Waals surface area contributed by atoms with Gasteiger partial charge in [-0.3, -0.25) is 4.90 Å². The van der Waals surface area contributed by atoms with Crippen LogP contribution in [0.1, 0.15) is 58.8 Å². The lowest BCUT2D eigenvalue weighted by atomic mass is 9.99. The lowest BCUT2D eigenvalue weighted by Crippen LogP contribution is -2.54. The van der Waals surface area contributed by atoms with Gasteiger partial charge in [0.25, 0.3) is 0 Å². The fourth-order valence-electron chi connectivity index (χ4n) is 3.53. The van der Waals surface area contributed by atoms with Crippen molar-refractivity contribution in [3.8, 4) is 0 Å². The largest absolute Gasteiger partial charge is 0.311 e. The van der Waals surface area contributed by atoms with Crippen LogP contribution in [0.4, 0.5) is 0 Å². The second kappa shape index (κ2) is 6.75. The molecule has 1 saturated carbocycles. The molecule has 1 unspecified atom stereocenters. The number of hydrogen-bond acceptors (Lipinski definition) is 2. The van der Waals surface area contributed by atoms with E-state index in [1.165, 1.54) is 64.6 Å². The van der Waals surface area contributed by atoms with Gasteiger partial charge in [-0.05, 0) is 25.2 Å². The number of piperazine rings is 1. The van der Waals surface area contributed by atoms with Crippen LogP contribution in [-0.4, -0.2) is 36.6 Å². The molecule has 0 amide bonds. The predicted molar refractivity (Wildman–Crippen MR) is 74.3 cm³/mol. The molecule has 1 heterocycles. The van der Waals surface area contributed by atoms with E-state index in [9.17, 15) is 0 Å². The molecule has 0 aromatic heterocycles. The summed E-state index contributed by atoms with van der Waals surface area (Å²) >= 11 is 0. The molecular formula is C15H30N2. The van der Waals surface area contributed by atoms with Gasteiger partial charge in [-0.2, -0.15) is 0 Å². The monoisotopic (exact) mass is 238 g/mol. The third-order valence-electron chi connectivity index (χ3n) is 4.38. The molecule has 1 aliphatic carbocycles. The summed E-state index contributed by atoms with van der Waals surface area (Å²) in [4.78, 5) is 2.79. The van der Waals surface area contributed by atoms with Gasteiger partial charge >= 0.3 is 0 Å². The molecule has 1 atom stereocenters. The lowest BCUT2D eigenvalue weighted by Gasteiger charge is -2.39. The molecule has 2 fully saturated rings. The van der Waals surface area contributed by atoms with Crippen molar-refractivity contribution < 1.29 is 0 Å². The minimum absolute atomic E-state index is 0.743. The van der Waals surface area contributed by atoms with Crippen molar-refractivity contribution in [2.75, 3.05) is 19.6 Å². The Morgan fingerprint density at radius 2 is 1.82 bits per heavy atom. The van der Waals surface area contributed by atoms with Crippen LogP contribution in [0, 0.1) is 5.92 Å². The molecular weight excluding hydrogens is 208 g/mol. The smallest absolute Gasteiger partial charge is 0.0198 e. The van der Waals surface area contributed by atoms with E-state index in [1.54, 1.807) is 0 Å². The SMILES string of the molecule is CC(C)CC1CN(C2CCCCCC2)CCN1. The Hall–Kier alpha value is -0.0800. The Balaban J connectivity index is 1.82. The van der Waals surface area contributed by atoms with Crippen LogP contribution in [-0.2, 0) is 0 Å². The average molecular weight is 238 g/mol. The first-order chi connectivity index (χ1) is 8.25. The summed E-state index contributed by atoms with van der Waals surface area (Å²) in [6.45, 7) is 8.45. The first kappa shape index (κ1) is 13.4. The highest BCUT2D eigenvalue weighted by Crippen LogP contribution is 2.23. The van der Waals surface area contributed by atoms with Gasteiger partial charge in [-0.15, -0.1) is 0 Å². The van der Waals surface area contributed by atoms with E-state index in [4.69, 9.17) is 0 Å². The summed E-state index contributed by atoms with van der Waals surface area (Å²) in [5, 5.41) is 3.69. The molecule has 2 nitrogen and oxygen atoms in total. The van der Waals surface area contributed by atoms with Gasteiger partial charge < -0.3 is 5.32 Å². The molecule has 2 heteroatoms. The van der Waals surface area contributed by atoms with E-state index in [-0.39, 0.29) is 0 Å². The van der Waals surface area contributed by atoms with Gasteiger partial charge in [0.1, 0.15) is 0 Å². The first-order valence-corrected chi connectivity index (χ1v) is 7.73. The summed E-state index contributed by atoms with van der Waals surface area (Å²) in [6.07, 6.45) is 10.1. The fraction of sp³-hybridized carbons (Fsp3) is 1.00. The first-order valence-electron chi connectivity index (χ1n) is 7.73. The van der Waals surface area contributed by atoms with Gasteiger partial charge in [0.15, 0.2) is 0 Å². The quantitative estimate of drug-likeness (QED) is 0.760. The van der Waals surface area contributed by atoms with Crippen LogP contribution in [0.25, 0.3) is 0 Å². The van der Waals surface area contributed by atoms with Gasteiger partial charge in [0.05, 0.1) is 0 Å². The number of rotatable bonds is 3. The van der Waals surface area contributed by atoms with Gasteiger partial charge in [0.2, 0.25) is 0 Å². The summed E-state index contributed by atoms with van der Waals surface area (Å²) < 4.78 is 0. The zero-order valence-corrected chi connectivity index (χ0v) is 11.8. The third kappa shape index (κ3) is 4.26. The second-order valence-corrected chi connectivity index (χ2v) is 6.42. The van der Waals surface area contributed by atoms with Crippen molar-refractivity contribution in [1.29, 1.82) is 0 Å². The Morgan fingerprint density at radius 3 is 2.47 bits per heavy atom. The maximum Gasteiger partial charge on any atom is 0.0198 e. The topological polar surface area (TPSA) is 15.3 Å². The molecule has 100 valence electrons. The Kier molecular flexibility index (Phi) is 5.30. The van der Waals surface area contributed by atoms with Gasteiger partial charge in [0, 0.05) is 31.7 Å². The van der Waals surface area contributed by atoms with E-state index in [2.05, 4.69) is 24.1 Å². The zero-order valence-electron chi connectivity index (χ0n) is 11.8. The van der Waals surface area contributed by atoms with Crippen molar-refractivity contribution in [3.05, 3.63) is 0 Å². The van der Waals surface area contributed by atoms with Crippen molar-refractivity contribution in [1.82, 2.24) is 10.2 Å². The molecule has 1 N–H and O–H groups in total. The van der Waals surface area contributed by atoms with Crippen molar-refractivity contribution in [2.45, 2.75) is 70.9 Å². The Bertz CT molecular complexity index is 207. The van der Waals surface area contributed by atoms with Crippen LogP contribution >= 0.6 is 0 Å². The van der Waals surface area contributed by atoms with E-state index >= 15 is 0 Å².